The van der Waals surface area contributed by atoms with Gasteiger partial charge in [-0.05, 0) is 50.3 Å². The van der Waals surface area contributed by atoms with Crippen LogP contribution < -0.4 is 4.74 Å². The number of carbonyl (C=O) groups is 1. The molecule has 6 nitrogen and oxygen atoms in total. The second kappa shape index (κ2) is 11.6. The molecule has 2 heterocycles. The molecule has 0 fully saturated rings. The van der Waals surface area contributed by atoms with Crippen LogP contribution in [-0.2, 0) is 16.1 Å². The van der Waals surface area contributed by atoms with Crippen LogP contribution in [0.15, 0.2) is 100 Å². The summed E-state index contributed by atoms with van der Waals surface area (Å²) in [7, 11) is 0. The highest BCUT2D eigenvalue weighted by Gasteiger charge is 2.33. The van der Waals surface area contributed by atoms with E-state index in [1.54, 1.807) is 25.1 Å². The third kappa shape index (κ3) is 5.76. The van der Waals surface area contributed by atoms with Crippen molar-refractivity contribution < 1.29 is 23.8 Å². The van der Waals surface area contributed by atoms with Crippen molar-refractivity contribution in [2.45, 2.75) is 20.4 Å². The number of carbonyl (C=O) groups excluding carboxylic acids is 1. The highest BCUT2D eigenvalue weighted by molar-refractivity contribution is 8.18. The molecule has 0 unspecified atom stereocenters. The van der Waals surface area contributed by atoms with Crippen LogP contribution in [0.4, 0.5) is 10.1 Å². The van der Waals surface area contributed by atoms with Crippen LogP contribution in [-0.4, -0.2) is 33.9 Å². The van der Waals surface area contributed by atoms with Crippen LogP contribution in [0.3, 0.4) is 0 Å². The fourth-order valence-corrected chi connectivity index (χ4v) is 5.29. The average Bonchev–Trinajstić information content (AvgIpc) is 3.43. The van der Waals surface area contributed by atoms with Crippen LogP contribution >= 0.6 is 11.8 Å². The Morgan fingerprint density at radius 2 is 1.82 bits per heavy atom. The number of thioether (sulfide) groups is 1. The van der Waals surface area contributed by atoms with Gasteiger partial charge < -0.3 is 19.1 Å². The number of aryl methyl sites for hydroxylation is 1. The number of fused-ring (bicyclic) bond motifs is 1. The number of aliphatic hydroxyl groups excluding tert-OH is 1. The summed E-state index contributed by atoms with van der Waals surface area (Å²) in [5.41, 5.74) is 3.64. The lowest BCUT2D eigenvalue weighted by molar-refractivity contribution is -0.138. The van der Waals surface area contributed by atoms with Gasteiger partial charge in [-0.25, -0.2) is 14.2 Å². The maximum absolute atomic E-state index is 13.9. The number of benzene rings is 3. The molecule has 8 heteroatoms. The van der Waals surface area contributed by atoms with Crippen LogP contribution in [0.25, 0.3) is 17.0 Å². The first-order chi connectivity index (χ1) is 18.9. The fraction of sp³-hybridized carbons (Fsp3) is 0.161. The maximum atomic E-state index is 13.9. The maximum Gasteiger partial charge on any atom is 0.344 e. The number of aromatic nitrogens is 1. The number of rotatable bonds is 8. The van der Waals surface area contributed by atoms with Crippen molar-refractivity contribution in [3.8, 4) is 5.75 Å². The Bertz CT molecular complexity index is 1620. The van der Waals surface area contributed by atoms with Crippen LogP contribution in [0.2, 0.25) is 0 Å². The summed E-state index contributed by atoms with van der Waals surface area (Å²) in [6, 6.07) is 21.8. The Morgan fingerprint density at radius 3 is 2.59 bits per heavy atom. The van der Waals surface area contributed by atoms with Crippen molar-refractivity contribution in [1.82, 2.24) is 4.57 Å². The van der Waals surface area contributed by atoms with E-state index in [0.717, 1.165) is 22.0 Å². The minimum absolute atomic E-state index is 0.0516. The number of para-hydroxylation sites is 2. The molecule has 198 valence electrons. The monoisotopic (exact) mass is 542 g/mol. The van der Waals surface area contributed by atoms with Gasteiger partial charge in [-0.15, -0.1) is 0 Å². The van der Waals surface area contributed by atoms with Crippen molar-refractivity contribution >= 4 is 45.4 Å². The zero-order valence-electron chi connectivity index (χ0n) is 21.6. The molecule has 0 spiro atoms. The van der Waals surface area contributed by atoms with Gasteiger partial charge in [-0.1, -0.05) is 59.8 Å². The number of aliphatic hydroxyl groups is 1. The average molecular weight is 543 g/mol. The lowest BCUT2D eigenvalue weighted by Gasteiger charge is -2.08. The van der Waals surface area contributed by atoms with Crippen molar-refractivity contribution in [3.63, 3.8) is 0 Å². The first kappa shape index (κ1) is 26.3. The highest BCUT2D eigenvalue weighted by atomic mass is 32.2. The first-order valence-corrected chi connectivity index (χ1v) is 13.4. The van der Waals surface area contributed by atoms with E-state index in [2.05, 4.69) is 4.99 Å². The molecule has 0 radical (unpaired) electrons. The van der Waals surface area contributed by atoms with Crippen molar-refractivity contribution in [3.05, 3.63) is 112 Å². The van der Waals surface area contributed by atoms with Gasteiger partial charge in [-0.2, -0.15) is 0 Å². The molecule has 1 aromatic heterocycles. The molecule has 0 bridgehead atoms. The topological polar surface area (TPSA) is 73.0 Å². The molecule has 4 aromatic rings. The number of aliphatic imine (C=N–C) groups is 1. The zero-order chi connectivity index (χ0) is 27.4. The van der Waals surface area contributed by atoms with Gasteiger partial charge in [0.15, 0.2) is 11.6 Å². The van der Waals surface area contributed by atoms with Gasteiger partial charge in [0.25, 0.3) is 0 Å². The number of halogens is 1. The first-order valence-electron chi connectivity index (χ1n) is 12.6. The summed E-state index contributed by atoms with van der Waals surface area (Å²) in [5, 5.41) is 12.5. The Balaban J connectivity index is 1.47. The van der Waals surface area contributed by atoms with Crippen molar-refractivity contribution in [2.75, 3.05) is 13.2 Å². The molecular weight excluding hydrogens is 515 g/mol. The molecular formula is C31H27FN2O4S. The molecule has 0 saturated carbocycles. The minimum Gasteiger partial charge on any atom is -0.506 e. The molecule has 39 heavy (non-hydrogen) atoms. The van der Waals surface area contributed by atoms with E-state index in [-0.39, 0.29) is 30.3 Å². The highest BCUT2D eigenvalue weighted by Crippen LogP contribution is 2.41. The molecule has 1 aliphatic rings. The summed E-state index contributed by atoms with van der Waals surface area (Å²) >= 11 is 1.22. The van der Waals surface area contributed by atoms with E-state index in [9.17, 15) is 14.3 Å². The summed E-state index contributed by atoms with van der Waals surface area (Å²) in [6.45, 7) is 4.65. The fourth-order valence-electron chi connectivity index (χ4n) is 4.26. The normalized spacial score (nSPS) is 15.5. The molecule has 5 rings (SSSR count). The third-order valence-electron chi connectivity index (χ3n) is 6.17. The van der Waals surface area contributed by atoms with E-state index >= 15 is 0 Å². The van der Waals surface area contributed by atoms with E-state index in [1.807, 2.05) is 72.3 Å². The second-order valence-corrected chi connectivity index (χ2v) is 9.91. The molecule has 0 aliphatic carbocycles. The zero-order valence-corrected chi connectivity index (χ0v) is 22.4. The number of ether oxygens (including phenoxy) is 2. The molecule has 0 saturated heterocycles. The van der Waals surface area contributed by atoms with Gasteiger partial charge in [0, 0.05) is 22.7 Å². The van der Waals surface area contributed by atoms with Gasteiger partial charge >= 0.3 is 5.97 Å². The van der Waals surface area contributed by atoms with Gasteiger partial charge in [0.1, 0.15) is 23.0 Å². The van der Waals surface area contributed by atoms with E-state index in [4.69, 9.17) is 9.47 Å². The smallest absolute Gasteiger partial charge is 0.344 e. The summed E-state index contributed by atoms with van der Waals surface area (Å²) in [6.07, 6.45) is 3.79. The van der Waals surface area contributed by atoms with Crippen LogP contribution in [0.5, 0.6) is 5.75 Å². The van der Waals surface area contributed by atoms with E-state index in [0.29, 0.717) is 22.2 Å². The Morgan fingerprint density at radius 1 is 1.08 bits per heavy atom. The number of hydrogen-bond acceptors (Lipinski definition) is 6. The van der Waals surface area contributed by atoms with Crippen LogP contribution in [0, 0.1) is 12.7 Å². The predicted octanol–water partition coefficient (Wildman–Crippen LogP) is 7.36. The van der Waals surface area contributed by atoms with Crippen molar-refractivity contribution in [1.29, 1.82) is 0 Å². The third-order valence-corrected chi connectivity index (χ3v) is 7.19. The molecule has 3 aromatic carbocycles. The van der Waals surface area contributed by atoms with Gasteiger partial charge in [-0.3, -0.25) is 0 Å². The largest absolute Gasteiger partial charge is 0.506 e. The van der Waals surface area contributed by atoms with E-state index in [1.165, 1.54) is 17.8 Å². The SMILES string of the molecule is CCOC(=O)C1=C(O)/C(=C/c2cn(CCOc3ccccc3F)c3ccccc23)SC1=Nc1ccc(C)cc1. The summed E-state index contributed by atoms with van der Waals surface area (Å²) in [4.78, 5) is 17.9. The number of esters is 1. The standard InChI is InChI=1S/C31H27FN2O4S/c1-3-37-31(36)28-29(35)27(39-30(28)33-22-14-12-20(2)13-15-22)18-21-19-34(25-10-6-4-8-23(21)25)16-17-38-26-11-7-5-9-24(26)32/h4-15,18-19,35H,3,16-17H2,1-2H3/b27-18-,33-30?. The molecule has 0 amide bonds. The van der Waals surface area contributed by atoms with Gasteiger partial charge in [0.2, 0.25) is 0 Å². The molecule has 1 aliphatic heterocycles. The minimum atomic E-state index is -0.621. The molecule has 1 N–H and O–H groups in total. The quantitative estimate of drug-likeness (QED) is 0.236. The number of nitrogens with zero attached hydrogens (tertiary/aromatic N) is 2. The van der Waals surface area contributed by atoms with Gasteiger partial charge in [0.05, 0.1) is 23.7 Å². The Hall–Kier alpha value is -4.30. The lowest BCUT2D eigenvalue weighted by atomic mass is 10.1. The number of hydrogen-bond donors (Lipinski definition) is 1. The van der Waals surface area contributed by atoms with E-state index < -0.39 is 11.8 Å². The Kier molecular flexibility index (Phi) is 7.84. The molecule has 0 atom stereocenters. The van der Waals surface area contributed by atoms with Crippen LogP contribution in [0.1, 0.15) is 18.1 Å². The summed E-state index contributed by atoms with van der Waals surface area (Å²) in [5.74, 6) is -0.976. The predicted molar refractivity (Wildman–Crippen MR) is 154 cm³/mol. The van der Waals surface area contributed by atoms with Crippen molar-refractivity contribution in [2.24, 2.45) is 4.99 Å². The second-order valence-electron chi connectivity index (χ2n) is 8.88. The summed E-state index contributed by atoms with van der Waals surface area (Å²) < 4.78 is 26.9. The Labute approximate surface area is 230 Å². The lowest BCUT2D eigenvalue weighted by Crippen LogP contribution is -2.12.